The Morgan fingerprint density at radius 2 is 2.38 bits per heavy atom. The summed E-state index contributed by atoms with van der Waals surface area (Å²) in [5.74, 6) is 0.785. The van der Waals surface area contributed by atoms with Crippen molar-refractivity contribution in [1.82, 2.24) is 10.3 Å². The molecule has 2 aliphatic rings. The van der Waals surface area contributed by atoms with Crippen LogP contribution in [0.25, 0.3) is 0 Å². The minimum Gasteiger partial charge on any atom is -0.368 e. The topological polar surface area (TPSA) is 28.2 Å². The predicted molar refractivity (Wildman–Crippen MR) is 69.1 cm³/mol. The summed E-state index contributed by atoms with van der Waals surface area (Å²) in [6.45, 7) is 3.36. The fourth-order valence-corrected chi connectivity index (χ4v) is 3.07. The number of nitrogens with one attached hydrogen (secondary N) is 1. The third kappa shape index (κ3) is 1.94. The summed E-state index contributed by atoms with van der Waals surface area (Å²) in [6.07, 6.45) is 3.18. The Hall–Kier alpha value is -0.320. The van der Waals surface area contributed by atoms with E-state index < -0.39 is 0 Å². The van der Waals surface area contributed by atoms with Gasteiger partial charge in [0.1, 0.15) is 5.15 Å². The molecule has 2 saturated heterocycles. The van der Waals surface area contributed by atoms with Crippen molar-refractivity contribution in [3.8, 4) is 0 Å². The molecule has 0 amide bonds. The molecule has 3 rings (SSSR count). The molecule has 3 nitrogen and oxygen atoms in total. The van der Waals surface area contributed by atoms with Crippen molar-refractivity contribution >= 4 is 33.2 Å². The maximum absolute atomic E-state index is 5.90. The second kappa shape index (κ2) is 4.17. The number of hydrogen-bond donors (Lipinski definition) is 1. The van der Waals surface area contributed by atoms with Crippen molar-refractivity contribution in [3.63, 3.8) is 0 Å². The van der Waals surface area contributed by atoms with Crippen LogP contribution in [0.1, 0.15) is 6.42 Å². The van der Waals surface area contributed by atoms with Crippen LogP contribution in [0.3, 0.4) is 0 Å². The van der Waals surface area contributed by atoms with Gasteiger partial charge in [-0.15, -0.1) is 0 Å². The molecule has 2 fully saturated rings. The second-order valence-electron chi connectivity index (χ2n) is 4.58. The first-order valence-corrected chi connectivity index (χ1v) is 6.69. The van der Waals surface area contributed by atoms with Gasteiger partial charge in [0.05, 0.1) is 16.4 Å². The maximum Gasteiger partial charge on any atom is 0.143 e. The molecule has 86 valence electrons. The number of hydrogen-bond acceptors (Lipinski definition) is 3. The van der Waals surface area contributed by atoms with Gasteiger partial charge in [0.15, 0.2) is 0 Å². The van der Waals surface area contributed by atoms with Crippen LogP contribution in [-0.2, 0) is 0 Å². The van der Waals surface area contributed by atoms with E-state index in [9.17, 15) is 0 Å². The molecular formula is C11H13BrClN3. The van der Waals surface area contributed by atoms with Gasteiger partial charge in [0.2, 0.25) is 0 Å². The molecule has 1 aromatic heterocycles. The van der Waals surface area contributed by atoms with Crippen molar-refractivity contribution < 1.29 is 0 Å². The monoisotopic (exact) mass is 301 g/mol. The first kappa shape index (κ1) is 10.8. The Bertz CT molecular complexity index is 400. The summed E-state index contributed by atoms with van der Waals surface area (Å²) in [6, 6.07) is 2.70. The fraction of sp³-hybridized carbons (Fsp3) is 0.545. The molecule has 0 aromatic carbocycles. The van der Waals surface area contributed by atoms with Gasteiger partial charge >= 0.3 is 0 Å². The van der Waals surface area contributed by atoms with Crippen molar-refractivity contribution in [2.24, 2.45) is 5.92 Å². The van der Waals surface area contributed by atoms with E-state index in [-0.39, 0.29) is 0 Å². The quantitative estimate of drug-likeness (QED) is 0.807. The van der Waals surface area contributed by atoms with E-state index in [0.29, 0.717) is 11.2 Å². The summed E-state index contributed by atoms with van der Waals surface area (Å²) in [5.41, 5.74) is 1.16. The van der Waals surface area contributed by atoms with E-state index in [4.69, 9.17) is 11.6 Å². The van der Waals surface area contributed by atoms with Gasteiger partial charge < -0.3 is 10.2 Å². The van der Waals surface area contributed by atoms with E-state index in [1.54, 1.807) is 0 Å². The highest BCUT2D eigenvalue weighted by Gasteiger charge is 2.32. The SMILES string of the molecule is Clc1ncc(N2C[C@@H]3CN[C@@H](C3)C2)cc1Br. The molecule has 2 aliphatic heterocycles. The molecule has 1 aromatic rings. The summed E-state index contributed by atoms with van der Waals surface area (Å²) in [5, 5.41) is 4.07. The standard InChI is InChI=1S/C11H13BrClN3/c12-10-2-9(4-15-11(10)13)16-5-7-1-8(6-16)14-3-7/h2,4,7-8,14H,1,3,5-6H2/t7-,8-/m0/s1. The Labute approximate surface area is 108 Å². The van der Waals surface area contributed by atoms with Crippen LogP contribution >= 0.6 is 27.5 Å². The minimum atomic E-state index is 0.529. The summed E-state index contributed by atoms with van der Waals surface area (Å²) >= 11 is 9.32. The summed E-state index contributed by atoms with van der Waals surface area (Å²) < 4.78 is 0.873. The van der Waals surface area contributed by atoms with Crippen molar-refractivity contribution in [1.29, 1.82) is 0 Å². The smallest absolute Gasteiger partial charge is 0.143 e. The molecule has 5 heteroatoms. The van der Waals surface area contributed by atoms with Crippen LogP contribution in [0.5, 0.6) is 0 Å². The molecule has 1 N–H and O–H groups in total. The molecule has 16 heavy (non-hydrogen) atoms. The van der Waals surface area contributed by atoms with Crippen LogP contribution in [0.4, 0.5) is 5.69 Å². The maximum atomic E-state index is 5.90. The zero-order valence-corrected chi connectivity index (χ0v) is 11.1. The second-order valence-corrected chi connectivity index (χ2v) is 5.79. The number of fused-ring (bicyclic) bond motifs is 2. The number of halogens is 2. The lowest BCUT2D eigenvalue weighted by molar-refractivity contribution is 0.474. The third-order valence-corrected chi connectivity index (χ3v) is 4.51. The largest absolute Gasteiger partial charge is 0.368 e. The molecule has 3 heterocycles. The van der Waals surface area contributed by atoms with E-state index in [1.807, 2.05) is 6.20 Å². The average molecular weight is 303 g/mol. The van der Waals surface area contributed by atoms with E-state index >= 15 is 0 Å². The van der Waals surface area contributed by atoms with Crippen molar-refractivity contribution in [2.75, 3.05) is 24.5 Å². The zero-order valence-electron chi connectivity index (χ0n) is 8.79. The Morgan fingerprint density at radius 3 is 3.12 bits per heavy atom. The lowest BCUT2D eigenvalue weighted by Crippen LogP contribution is -2.41. The Balaban J connectivity index is 1.84. The lowest BCUT2D eigenvalue weighted by atomic mass is 10.00. The Morgan fingerprint density at radius 1 is 1.50 bits per heavy atom. The molecule has 0 unspecified atom stereocenters. The van der Waals surface area contributed by atoms with E-state index in [2.05, 4.69) is 37.2 Å². The van der Waals surface area contributed by atoms with Crippen LogP contribution < -0.4 is 10.2 Å². The van der Waals surface area contributed by atoms with Crippen LogP contribution in [0.15, 0.2) is 16.7 Å². The Kier molecular flexibility index (Phi) is 2.81. The first-order valence-electron chi connectivity index (χ1n) is 5.52. The number of aromatic nitrogens is 1. The normalized spacial score (nSPS) is 28.5. The van der Waals surface area contributed by atoms with Gasteiger partial charge in [-0.3, -0.25) is 0 Å². The number of anilines is 1. The first-order chi connectivity index (χ1) is 7.72. The molecule has 2 bridgehead atoms. The van der Waals surface area contributed by atoms with Crippen molar-refractivity contribution in [3.05, 3.63) is 21.9 Å². The highest BCUT2D eigenvalue weighted by molar-refractivity contribution is 9.10. The number of rotatable bonds is 1. The zero-order chi connectivity index (χ0) is 11.1. The molecule has 0 spiro atoms. The molecular weight excluding hydrogens is 289 g/mol. The van der Waals surface area contributed by atoms with Gasteiger partial charge in [-0.2, -0.15) is 0 Å². The van der Waals surface area contributed by atoms with E-state index in [0.717, 1.165) is 35.7 Å². The lowest BCUT2D eigenvalue weighted by Gasteiger charge is -2.32. The highest BCUT2D eigenvalue weighted by Crippen LogP contribution is 2.30. The van der Waals surface area contributed by atoms with Gasteiger partial charge in [-0.1, -0.05) is 11.6 Å². The van der Waals surface area contributed by atoms with Gasteiger partial charge in [0, 0.05) is 25.7 Å². The third-order valence-electron chi connectivity index (χ3n) is 3.38. The van der Waals surface area contributed by atoms with E-state index in [1.165, 1.54) is 6.42 Å². The van der Waals surface area contributed by atoms with Gasteiger partial charge in [-0.05, 0) is 34.3 Å². The molecule has 0 radical (unpaired) electrons. The minimum absolute atomic E-state index is 0.529. The van der Waals surface area contributed by atoms with Crippen LogP contribution in [0, 0.1) is 5.92 Å². The van der Waals surface area contributed by atoms with Crippen LogP contribution in [0.2, 0.25) is 5.15 Å². The molecule has 2 atom stereocenters. The van der Waals surface area contributed by atoms with Crippen LogP contribution in [-0.4, -0.2) is 30.7 Å². The summed E-state index contributed by atoms with van der Waals surface area (Å²) in [7, 11) is 0. The number of pyridine rings is 1. The molecule has 0 saturated carbocycles. The average Bonchev–Trinajstić information content (AvgIpc) is 2.62. The fourth-order valence-electron chi connectivity index (χ4n) is 2.63. The van der Waals surface area contributed by atoms with Gasteiger partial charge in [-0.25, -0.2) is 4.98 Å². The van der Waals surface area contributed by atoms with Crippen molar-refractivity contribution in [2.45, 2.75) is 12.5 Å². The highest BCUT2D eigenvalue weighted by atomic mass is 79.9. The number of piperidine rings is 1. The predicted octanol–water partition coefficient (Wildman–Crippen LogP) is 2.30. The number of nitrogens with zero attached hydrogens (tertiary/aromatic N) is 2. The summed E-state index contributed by atoms with van der Waals surface area (Å²) in [4.78, 5) is 6.58. The molecule has 0 aliphatic carbocycles. The van der Waals surface area contributed by atoms with Gasteiger partial charge in [0.25, 0.3) is 0 Å².